The van der Waals surface area contributed by atoms with Crippen molar-refractivity contribution in [1.29, 1.82) is 0 Å². The van der Waals surface area contributed by atoms with Crippen molar-refractivity contribution in [3.05, 3.63) is 30.0 Å². The summed E-state index contributed by atoms with van der Waals surface area (Å²) in [4.78, 5) is 32.5. The monoisotopic (exact) mass is 352 g/mol. The summed E-state index contributed by atoms with van der Waals surface area (Å²) in [5.41, 5.74) is 6.27. The number of carbonyl (C=O) groups excluding carboxylic acids is 2. The van der Waals surface area contributed by atoms with E-state index in [-0.39, 0.29) is 18.4 Å². The van der Waals surface area contributed by atoms with E-state index in [0.29, 0.717) is 5.95 Å². The van der Waals surface area contributed by atoms with Gasteiger partial charge in [0.25, 0.3) is 0 Å². The maximum Gasteiger partial charge on any atom is 0.248 e. The zero-order valence-electron chi connectivity index (χ0n) is 14.8. The SMILES string of the molecule is CNc1ncc2cc(C#CCNC(=O)C3C(=O)NNC3(C)C)ccc2n1. The topological polar surface area (TPSA) is 108 Å². The highest BCUT2D eigenvalue weighted by Crippen LogP contribution is 2.20. The van der Waals surface area contributed by atoms with Crippen LogP contribution in [0, 0.1) is 17.8 Å². The molecule has 0 saturated carbocycles. The molecule has 1 aromatic heterocycles. The first kappa shape index (κ1) is 17.6. The molecular weight excluding hydrogens is 332 g/mol. The van der Waals surface area contributed by atoms with Crippen LogP contribution in [0.2, 0.25) is 0 Å². The number of nitrogens with zero attached hydrogens (tertiary/aromatic N) is 2. The molecule has 0 bridgehead atoms. The number of anilines is 1. The van der Waals surface area contributed by atoms with E-state index in [1.807, 2.05) is 18.2 Å². The molecular formula is C18H20N6O2. The first-order valence-electron chi connectivity index (χ1n) is 8.19. The fourth-order valence-corrected chi connectivity index (χ4v) is 2.75. The molecule has 1 saturated heterocycles. The maximum absolute atomic E-state index is 12.2. The molecule has 1 fully saturated rings. The zero-order valence-corrected chi connectivity index (χ0v) is 14.8. The van der Waals surface area contributed by atoms with Crippen LogP contribution in [0.4, 0.5) is 5.95 Å². The Morgan fingerprint density at radius 2 is 2.19 bits per heavy atom. The van der Waals surface area contributed by atoms with E-state index in [1.54, 1.807) is 27.1 Å². The van der Waals surface area contributed by atoms with Gasteiger partial charge in [-0.05, 0) is 32.0 Å². The Balaban J connectivity index is 1.64. The van der Waals surface area contributed by atoms with Gasteiger partial charge >= 0.3 is 0 Å². The van der Waals surface area contributed by atoms with Crippen molar-refractivity contribution < 1.29 is 9.59 Å². The van der Waals surface area contributed by atoms with Gasteiger partial charge in [0.1, 0.15) is 5.92 Å². The molecule has 0 spiro atoms. The smallest absolute Gasteiger partial charge is 0.248 e. The molecule has 2 aromatic rings. The summed E-state index contributed by atoms with van der Waals surface area (Å²) in [5, 5.41) is 6.47. The number of hydrogen-bond donors (Lipinski definition) is 4. The van der Waals surface area contributed by atoms with Crippen molar-refractivity contribution in [2.45, 2.75) is 19.4 Å². The highest BCUT2D eigenvalue weighted by atomic mass is 16.2. The third-order valence-electron chi connectivity index (χ3n) is 4.14. The van der Waals surface area contributed by atoms with Crippen molar-refractivity contribution in [3.8, 4) is 11.8 Å². The fourth-order valence-electron chi connectivity index (χ4n) is 2.75. The number of hydrazine groups is 1. The minimum Gasteiger partial charge on any atom is -0.357 e. The first-order valence-corrected chi connectivity index (χ1v) is 8.19. The number of carbonyl (C=O) groups is 2. The van der Waals surface area contributed by atoms with E-state index in [4.69, 9.17) is 0 Å². The maximum atomic E-state index is 12.2. The van der Waals surface area contributed by atoms with Gasteiger partial charge in [-0.15, -0.1) is 0 Å². The number of fused-ring (bicyclic) bond motifs is 1. The summed E-state index contributed by atoms with van der Waals surface area (Å²) < 4.78 is 0. The van der Waals surface area contributed by atoms with E-state index in [1.165, 1.54) is 0 Å². The predicted octanol–water partition coefficient (Wildman–Crippen LogP) is 0.168. The Kier molecular flexibility index (Phi) is 4.73. The van der Waals surface area contributed by atoms with Gasteiger partial charge in [0.2, 0.25) is 17.8 Å². The second-order valence-electron chi connectivity index (χ2n) is 6.51. The molecule has 1 atom stereocenters. The summed E-state index contributed by atoms with van der Waals surface area (Å²) in [5.74, 6) is 4.98. The number of amides is 2. The third-order valence-corrected chi connectivity index (χ3v) is 4.14. The molecule has 8 heteroatoms. The standard InChI is InChI=1S/C18H20N6O2/c1-18(2)14(16(26)23-24-18)15(25)20-8-4-5-11-6-7-13-12(9-11)10-21-17(19-3)22-13/h6-7,9-10,14,24H,8H2,1-3H3,(H,20,25)(H,23,26)(H,19,21,22). The van der Waals surface area contributed by atoms with E-state index in [0.717, 1.165) is 16.5 Å². The highest BCUT2D eigenvalue weighted by molar-refractivity contribution is 6.03. The molecule has 2 heterocycles. The van der Waals surface area contributed by atoms with Crippen LogP contribution in [0.15, 0.2) is 24.4 Å². The summed E-state index contributed by atoms with van der Waals surface area (Å²) in [7, 11) is 1.77. The Morgan fingerprint density at radius 3 is 2.88 bits per heavy atom. The number of hydrogen-bond acceptors (Lipinski definition) is 6. The van der Waals surface area contributed by atoms with Crippen LogP contribution >= 0.6 is 0 Å². The molecule has 134 valence electrons. The van der Waals surface area contributed by atoms with Crippen molar-refractivity contribution in [2.75, 3.05) is 18.9 Å². The first-order chi connectivity index (χ1) is 12.4. The van der Waals surface area contributed by atoms with Crippen LogP contribution in [-0.4, -0.2) is 40.9 Å². The van der Waals surface area contributed by atoms with Gasteiger partial charge in [-0.2, -0.15) is 0 Å². The third kappa shape index (κ3) is 3.58. The van der Waals surface area contributed by atoms with E-state index in [9.17, 15) is 9.59 Å². The molecule has 1 aliphatic heterocycles. The second-order valence-corrected chi connectivity index (χ2v) is 6.51. The van der Waals surface area contributed by atoms with Gasteiger partial charge in [0.05, 0.1) is 17.6 Å². The molecule has 1 aliphatic rings. The summed E-state index contributed by atoms with van der Waals surface area (Å²) in [6.45, 7) is 3.74. The van der Waals surface area contributed by atoms with Crippen LogP contribution < -0.4 is 21.5 Å². The quantitative estimate of drug-likeness (QED) is 0.463. The largest absolute Gasteiger partial charge is 0.357 e. The lowest BCUT2D eigenvalue weighted by molar-refractivity contribution is -0.134. The van der Waals surface area contributed by atoms with Gasteiger partial charge in [0.15, 0.2) is 0 Å². The molecule has 26 heavy (non-hydrogen) atoms. The van der Waals surface area contributed by atoms with E-state index < -0.39 is 11.5 Å². The van der Waals surface area contributed by atoms with Gasteiger partial charge < -0.3 is 10.6 Å². The summed E-state index contributed by atoms with van der Waals surface area (Å²) >= 11 is 0. The average Bonchev–Trinajstić information content (AvgIpc) is 2.90. The number of nitrogens with one attached hydrogen (secondary N) is 4. The summed E-state index contributed by atoms with van der Waals surface area (Å²) in [6.07, 6.45) is 1.73. The molecule has 4 N–H and O–H groups in total. The predicted molar refractivity (Wildman–Crippen MR) is 97.8 cm³/mol. The van der Waals surface area contributed by atoms with Crippen molar-refractivity contribution in [1.82, 2.24) is 26.1 Å². The minimum atomic E-state index is -0.788. The van der Waals surface area contributed by atoms with Crippen LogP contribution in [-0.2, 0) is 9.59 Å². The van der Waals surface area contributed by atoms with Gasteiger partial charge in [0, 0.05) is 24.2 Å². The molecule has 0 radical (unpaired) electrons. The molecule has 1 unspecified atom stereocenters. The fraction of sp³-hybridized carbons (Fsp3) is 0.333. The Morgan fingerprint density at radius 1 is 1.38 bits per heavy atom. The van der Waals surface area contributed by atoms with Crippen LogP contribution in [0.5, 0.6) is 0 Å². The van der Waals surface area contributed by atoms with Crippen LogP contribution in [0.3, 0.4) is 0 Å². The molecule has 1 aromatic carbocycles. The Bertz CT molecular complexity index is 928. The molecule has 8 nitrogen and oxygen atoms in total. The minimum absolute atomic E-state index is 0.159. The average molecular weight is 352 g/mol. The normalized spacial score (nSPS) is 18.0. The molecule has 3 rings (SSSR count). The number of benzene rings is 1. The van der Waals surface area contributed by atoms with Crippen molar-refractivity contribution in [3.63, 3.8) is 0 Å². The number of rotatable bonds is 3. The highest BCUT2D eigenvalue weighted by Gasteiger charge is 2.45. The lowest BCUT2D eigenvalue weighted by Gasteiger charge is -2.22. The lowest BCUT2D eigenvalue weighted by atomic mass is 9.88. The van der Waals surface area contributed by atoms with E-state index in [2.05, 4.69) is 43.3 Å². The zero-order chi connectivity index (χ0) is 18.7. The van der Waals surface area contributed by atoms with Gasteiger partial charge in [-0.1, -0.05) is 11.8 Å². The van der Waals surface area contributed by atoms with Crippen molar-refractivity contribution >= 4 is 28.7 Å². The van der Waals surface area contributed by atoms with Gasteiger partial charge in [-0.3, -0.25) is 15.0 Å². The van der Waals surface area contributed by atoms with Gasteiger partial charge in [-0.25, -0.2) is 15.4 Å². The second kappa shape index (κ2) is 6.98. The van der Waals surface area contributed by atoms with E-state index >= 15 is 0 Å². The molecule has 0 aliphatic carbocycles. The van der Waals surface area contributed by atoms with Crippen LogP contribution in [0.1, 0.15) is 19.4 Å². The van der Waals surface area contributed by atoms with Crippen LogP contribution in [0.25, 0.3) is 10.9 Å². The Hall–Kier alpha value is -3.18. The lowest BCUT2D eigenvalue weighted by Crippen LogP contribution is -2.47. The Labute approximate surface area is 151 Å². The van der Waals surface area contributed by atoms with Crippen molar-refractivity contribution in [2.24, 2.45) is 5.92 Å². The summed E-state index contributed by atoms with van der Waals surface area (Å²) in [6, 6.07) is 5.62. The molecule has 2 amide bonds. The number of aromatic nitrogens is 2.